The molecule has 0 unspecified atom stereocenters. The van der Waals surface area contributed by atoms with Gasteiger partial charge in [0.15, 0.2) is 0 Å². The van der Waals surface area contributed by atoms with Gasteiger partial charge in [-0.05, 0) is 42.3 Å². The number of sulfonamides is 1. The summed E-state index contributed by atoms with van der Waals surface area (Å²) in [7, 11) is -2.22. The van der Waals surface area contributed by atoms with Crippen LogP contribution in [0.25, 0.3) is 0 Å². The van der Waals surface area contributed by atoms with E-state index in [1.165, 1.54) is 17.4 Å². The number of benzene rings is 2. The number of hydrogen-bond acceptors (Lipinski definition) is 2. The average molecular weight is 344 g/mol. The van der Waals surface area contributed by atoms with Gasteiger partial charge in [0.05, 0.1) is 10.7 Å². The zero-order valence-electron chi connectivity index (χ0n) is 11.7. The quantitative estimate of drug-likeness (QED) is 0.779. The first-order chi connectivity index (χ1) is 9.86. The highest BCUT2D eigenvalue weighted by molar-refractivity contribution is 7.93. The summed E-state index contributed by atoms with van der Waals surface area (Å²) in [6.07, 6.45) is 0. The first-order valence-electron chi connectivity index (χ1n) is 6.26. The number of aryl methyl sites for hydroxylation is 1. The van der Waals surface area contributed by atoms with Gasteiger partial charge in [-0.3, -0.25) is 4.31 Å². The smallest absolute Gasteiger partial charge is 0.265 e. The van der Waals surface area contributed by atoms with Crippen molar-refractivity contribution in [1.29, 1.82) is 0 Å². The molecule has 3 nitrogen and oxygen atoms in total. The van der Waals surface area contributed by atoms with Gasteiger partial charge in [-0.15, -0.1) is 11.6 Å². The largest absolute Gasteiger partial charge is 0.269 e. The first kappa shape index (κ1) is 16.1. The molecule has 2 aromatic rings. The average Bonchev–Trinajstić information content (AvgIpc) is 2.46. The Labute approximate surface area is 135 Å². The van der Waals surface area contributed by atoms with Gasteiger partial charge in [0.2, 0.25) is 0 Å². The van der Waals surface area contributed by atoms with Gasteiger partial charge in [0.25, 0.3) is 10.0 Å². The third kappa shape index (κ3) is 3.34. The van der Waals surface area contributed by atoms with Gasteiger partial charge in [-0.2, -0.15) is 0 Å². The zero-order chi connectivity index (χ0) is 15.6. The van der Waals surface area contributed by atoms with Crippen LogP contribution in [0.15, 0.2) is 47.4 Å². The Bertz CT molecular complexity index is 760. The van der Waals surface area contributed by atoms with Crippen LogP contribution in [0.1, 0.15) is 11.1 Å². The standard InChI is InChI=1S/C15H15Cl2NO2S/c1-11-4-3-5-13(8-11)18(2)21(19,20)15-9-12(10-16)6-7-14(15)17/h3-9H,10H2,1-2H3. The molecular weight excluding hydrogens is 329 g/mol. The van der Waals surface area contributed by atoms with Gasteiger partial charge in [-0.25, -0.2) is 8.42 Å². The maximum Gasteiger partial charge on any atom is 0.265 e. The van der Waals surface area contributed by atoms with Crippen LogP contribution >= 0.6 is 23.2 Å². The zero-order valence-corrected chi connectivity index (χ0v) is 14.0. The number of halogens is 2. The molecule has 0 fully saturated rings. The Morgan fingerprint density at radius 1 is 1.14 bits per heavy atom. The van der Waals surface area contributed by atoms with Crippen LogP contribution in [0.4, 0.5) is 5.69 Å². The van der Waals surface area contributed by atoms with E-state index in [-0.39, 0.29) is 15.8 Å². The van der Waals surface area contributed by atoms with E-state index in [1.807, 2.05) is 19.1 Å². The van der Waals surface area contributed by atoms with Crippen molar-refractivity contribution in [3.05, 3.63) is 58.6 Å². The molecule has 0 spiro atoms. The lowest BCUT2D eigenvalue weighted by Crippen LogP contribution is -2.27. The van der Waals surface area contributed by atoms with Gasteiger partial charge in [0.1, 0.15) is 4.90 Å². The third-order valence-electron chi connectivity index (χ3n) is 3.15. The molecule has 0 bridgehead atoms. The molecule has 0 radical (unpaired) electrons. The topological polar surface area (TPSA) is 37.4 Å². The molecule has 0 atom stereocenters. The summed E-state index contributed by atoms with van der Waals surface area (Å²) in [5.41, 5.74) is 2.27. The summed E-state index contributed by atoms with van der Waals surface area (Å²) in [5.74, 6) is 0.230. The fraction of sp³-hybridized carbons (Fsp3) is 0.200. The van der Waals surface area contributed by atoms with E-state index in [1.54, 1.807) is 24.3 Å². The molecule has 0 amide bonds. The highest BCUT2D eigenvalue weighted by Crippen LogP contribution is 2.29. The second-order valence-electron chi connectivity index (χ2n) is 4.71. The van der Waals surface area contributed by atoms with Crippen molar-refractivity contribution in [1.82, 2.24) is 0 Å². The van der Waals surface area contributed by atoms with Crippen molar-refractivity contribution in [3.63, 3.8) is 0 Å². The van der Waals surface area contributed by atoms with Crippen LogP contribution in [0, 0.1) is 6.92 Å². The molecule has 0 N–H and O–H groups in total. The lowest BCUT2D eigenvalue weighted by atomic mass is 10.2. The monoisotopic (exact) mass is 343 g/mol. The Balaban J connectivity index is 2.51. The summed E-state index contributed by atoms with van der Waals surface area (Å²) in [6, 6.07) is 12.0. The second-order valence-corrected chi connectivity index (χ2v) is 7.32. The van der Waals surface area contributed by atoms with Gasteiger partial charge in [-0.1, -0.05) is 29.8 Å². The number of nitrogens with zero attached hydrogens (tertiary/aromatic N) is 1. The molecule has 2 aromatic carbocycles. The summed E-state index contributed by atoms with van der Waals surface area (Å²) in [6.45, 7) is 1.91. The van der Waals surface area contributed by atoms with E-state index in [4.69, 9.17) is 23.2 Å². The van der Waals surface area contributed by atoms with Gasteiger partial charge >= 0.3 is 0 Å². The molecular formula is C15H15Cl2NO2S. The Hall–Kier alpha value is -1.23. The van der Waals surface area contributed by atoms with Crippen molar-refractivity contribution in [3.8, 4) is 0 Å². The highest BCUT2D eigenvalue weighted by Gasteiger charge is 2.24. The van der Waals surface area contributed by atoms with E-state index in [2.05, 4.69) is 0 Å². The van der Waals surface area contributed by atoms with Gasteiger partial charge < -0.3 is 0 Å². The first-order valence-corrected chi connectivity index (χ1v) is 8.61. The summed E-state index contributed by atoms with van der Waals surface area (Å²) < 4.78 is 26.7. The van der Waals surface area contributed by atoms with Crippen LogP contribution in [-0.4, -0.2) is 15.5 Å². The van der Waals surface area contributed by atoms with E-state index in [0.29, 0.717) is 11.3 Å². The number of hydrogen-bond donors (Lipinski definition) is 0. The Morgan fingerprint density at radius 3 is 2.48 bits per heavy atom. The molecule has 112 valence electrons. The highest BCUT2D eigenvalue weighted by atomic mass is 35.5. The molecule has 21 heavy (non-hydrogen) atoms. The van der Waals surface area contributed by atoms with E-state index >= 15 is 0 Å². The molecule has 0 aliphatic rings. The Morgan fingerprint density at radius 2 is 1.86 bits per heavy atom. The minimum absolute atomic E-state index is 0.0614. The fourth-order valence-corrected chi connectivity index (χ4v) is 3.82. The maximum atomic E-state index is 12.7. The second kappa shape index (κ2) is 6.26. The maximum absolute atomic E-state index is 12.7. The van der Waals surface area contributed by atoms with E-state index in [9.17, 15) is 8.42 Å². The van der Waals surface area contributed by atoms with Crippen molar-refractivity contribution in [2.24, 2.45) is 0 Å². The molecule has 2 rings (SSSR count). The summed E-state index contributed by atoms with van der Waals surface area (Å²) >= 11 is 11.8. The van der Waals surface area contributed by atoms with Crippen LogP contribution in [0.2, 0.25) is 5.02 Å². The number of anilines is 1. The molecule has 6 heteroatoms. The van der Waals surface area contributed by atoms with Crippen molar-refractivity contribution < 1.29 is 8.42 Å². The molecule has 0 aliphatic carbocycles. The van der Waals surface area contributed by atoms with Crippen LogP contribution in [-0.2, 0) is 15.9 Å². The molecule has 0 aliphatic heterocycles. The van der Waals surface area contributed by atoms with Crippen molar-refractivity contribution >= 4 is 38.9 Å². The fourth-order valence-electron chi connectivity index (χ4n) is 1.94. The van der Waals surface area contributed by atoms with Crippen molar-refractivity contribution in [2.45, 2.75) is 17.7 Å². The number of rotatable bonds is 4. The predicted molar refractivity (Wildman–Crippen MR) is 87.8 cm³/mol. The molecule has 0 aromatic heterocycles. The third-order valence-corrected chi connectivity index (χ3v) is 5.73. The van der Waals surface area contributed by atoms with Crippen LogP contribution in [0.5, 0.6) is 0 Å². The molecule has 0 saturated carbocycles. The number of alkyl halides is 1. The van der Waals surface area contributed by atoms with Crippen LogP contribution < -0.4 is 4.31 Å². The lowest BCUT2D eigenvalue weighted by molar-refractivity contribution is 0.594. The van der Waals surface area contributed by atoms with Crippen LogP contribution in [0.3, 0.4) is 0 Å². The normalized spacial score (nSPS) is 11.4. The molecule has 0 heterocycles. The van der Waals surface area contributed by atoms with Gasteiger partial charge in [0, 0.05) is 12.9 Å². The summed E-state index contributed by atoms with van der Waals surface area (Å²) in [5, 5.41) is 0.184. The predicted octanol–water partition coefficient (Wildman–Crippen LogP) is 4.21. The molecule has 0 saturated heterocycles. The minimum atomic E-state index is -3.73. The SMILES string of the molecule is Cc1cccc(N(C)S(=O)(=O)c2cc(CCl)ccc2Cl)c1. The van der Waals surface area contributed by atoms with E-state index < -0.39 is 10.0 Å². The lowest BCUT2D eigenvalue weighted by Gasteiger charge is -2.21. The van der Waals surface area contributed by atoms with Crippen molar-refractivity contribution in [2.75, 3.05) is 11.4 Å². The summed E-state index contributed by atoms with van der Waals surface area (Å²) in [4.78, 5) is 0.0614. The minimum Gasteiger partial charge on any atom is -0.269 e. The van der Waals surface area contributed by atoms with E-state index in [0.717, 1.165) is 5.56 Å². The Kier molecular flexibility index (Phi) is 4.81.